The number of para-hydroxylation sites is 2. The number of rotatable bonds is 4. The van der Waals surface area contributed by atoms with Crippen LogP contribution in [0.15, 0.2) is 48.5 Å². The van der Waals surface area contributed by atoms with Crippen LogP contribution < -0.4 is 7.70 Å². The van der Waals surface area contributed by atoms with Crippen LogP contribution in [-0.4, -0.2) is 11.0 Å². The monoisotopic (exact) mass is 309 g/mol. The molecule has 0 bridgehead atoms. The molecule has 0 amide bonds. The van der Waals surface area contributed by atoms with E-state index in [9.17, 15) is 0 Å². The topological polar surface area (TPSA) is 81.5 Å². The Bertz CT molecular complexity index is 457. The molecule has 19 heavy (non-hydrogen) atoms. The molecule has 0 aliphatic rings. The summed E-state index contributed by atoms with van der Waals surface area (Å²) in [5.74, 6) is 1.70. The molecular weight excluding hydrogens is 291 g/mol. The first kappa shape index (κ1) is 17.5. The van der Waals surface area contributed by atoms with Gasteiger partial charge in [-0.05, 0) is 0 Å². The van der Waals surface area contributed by atoms with Gasteiger partial charge in [-0.15, -0.1) is 0 Å². The second-order valence-electron chi connectivity index (χ2n) is 3.72. The number of hydrogen-bond acceptors (Lipinski definition) is 2. The van der Waals surface area contributed by atoms with Crippen molar-refractivity contribution in [3.63, 3.8) is 0 Å². The summed E-state index contributed by atoms with van der Waals surface area (Å²) >= 11 is 0.515. The molecule has 4 nitrogen and oxygen atoms in total. The maximum absolute atomic E-state index is 5.54. The molecule has 5 heteroatoms. The Kier molecular flexibility index (Phi) is 7.86. The van der Waals surface area contributed by atoms with Crippen LogP contribution in [0.1, 0.15) is 11.1 Å². The van der Waals surface area contributed by atoms with E-state index in [0.29, 0.717) is 15.3 Å². The minimum atomic E-state index is 0. The SMILES string of the molecule is Cc1ccccc1[O][Co][O]c1ccccc1C.O.O. The zero-order valence-corrected chi connectivity index (χ0v) is 11.8. The molecule has 0 fully saturated rings. The van der Waals surface area contributed by atoms with E-state index in [1.54, 1.807) is 0 Å². The van der Waals surface area contributed by atoms with Crippen molar-refractivity contribution in [1.82, 2.24) is 0 Å². The van der Waals surface area contributed by atoms with Gasteiger partial charge in [0, 0.05) is 0 Å². The van der Waals surface area contributed by atoms with Crippen molar-refractivity contribution >= 4 is 0 Å². The molecule has 2 aromatic rings. The summed E-state index contributed by atoms with van der Waals surface area (Å²) in [7, 11) is 0. The molecular formula is C14H18CoO4. The second-order valence-corrected chi connectivity index (χ2v) is 4.32. The van der Waals surface area contributed by atoms with Crippen molar-refractivity contribution in [3.05, 3.63) is 59.7 Å². The molecule has 0 aromatic heterocycles. The molecule has 4 N–H and O–H groups in total. The smallest absolute Gasteiger partial charge is 0.412 e. The molecule has 0 unspecified atom stereocenters. The van der Waals surface area contributed by atoms with Crippen molar-refractivity contribution in [1.29, 1.82) is 0 Å². The van der Waals surface area contributed by atoms with E-state index in [4.69, 9.17) is 7.70 Å². The van der Waals surface area contributed by atoms with Gasteiger partial charge in [-0.1, -0.05) is 0 Å². The first-order valence-corrected chi connectivity index (χ1v) is 6.19. The molecule has 0 radical (unpaired) electrons. The zero-order valence-electron chi connectivity index (χ0n) is 10.8. The van der Waals surface area contributed by atoms with Crippen molar-refractivity contribution < 1.29 is 34.0 Å². The van der Waals surface area contributed by atoms with Gasteiger partial charge in [0.2, 0.25) is 0 Å². The molecule has 0 saturated heterocycles. The summed E-state index contributed by atoms with van der Waals surface area (Å²) in [4.78, 5) is 0. The van der Waals surface area contributed by atoms with Crippen LogP contribution in [0.2, 0.25) is 0 Å². The van der Waals surface area contributed by atoms with Crippen molar-refractivity contribution in [2.24, 2.45) is 0 Å². The van der Waals surface area contributed by atoms with Gasteiger partial charge in [0.15, 0.2) is 0 Å². The Labute approximate surface area is 119 Å². The average molecular weight is 309 g/mol. The Morgan fingerprint density at radius 1 is 0.684 bits per heavy atom. The molecule has 0 aliphatic heterocycles. The van der Waals surface area contributed by atoms with Gasteiger partial charge in [0.1, 0.15) is 0 Å². The number of hydrogen-bond donors (Lipinski definition) is 0. The van der Waals surface area contributed by atoms with Gasteiger partial charge in [-0.25, -0.2) is 0 Å². The van der Waals surface area contributed by atoms with E-state index in [1.165, 1.54) is 0 Å². The van der Waals surface area contributed by atoms with E-state index in [2.05, 4.69) is 0 Å². The van der Waals surface area contributed by atoms with E-state index in [1.807, 2.05) is 62.4 Å². The third-order valence-corrected chi connectivity index (χ3v) is 3.02. The fraction of sp³-hybridized carbons (Fsp3) is 0.143. The summed E-state index contributed by atoms with van der Waals surface area (Å²) in [6.45, 7) is 4.02. The third kappa shape index (κ3) is 4.92. The Hall–Kier alpha value is -1.53. The predicted octanol–water partition coefficient (Wildman–Crippen LogP) is 2.02. The van der Waals surface area contributed by atoms with E-state index >= 15 is 0 Å². The van der Waals surface area contributed by atoms with Crippen LogP contribution in [0.25, 0.3) is 0 Å². The maximum Gasteiger partial charge on any atom is -0.412 e. The summed E-state index contributed by atoms with van der Waals surface area (Å²) in [6.07, 6.45) is 0. The van der Waals surface area contributed by atoms with Gasteiger partial charge >= 0.3 is 108 Å². The predicted molar refractivity (Wildman–Crippen MR) is 70.8 cm³/mol. The van der Waals surface area contributed by atoms with Crippen LogP contribution in [0.3, 0.4) is 0 Å². The molecule has 0 atom stereocenters. The van der Waals surface area contributed by atoms with E-state index in [-0.39, 0.29) is 11.0 Å². The fourth-order valence-corrected chi connectivity index (χ4v) is 2.05. The molecule has 2 rings (SSSR count). The maximum atomic E-state index is 5.54. The van der Waals surface area contributed by atoms with Gasteiger partial charge in [-0.2, -0.15) is 0 Å². The van der Waals surface area contributed by atoms with Crippen molar-refractivity contribution in [2.75, 3.05) is 0 Å². The normalized spacial score (nSPS) is 9.16. The first-order valence-electron chi connectivity index (χ1n) is 5.34. The fourth-order valence-electron chi connectivity index (χ4n) is 1.34. The summed E-state index contributed by atoms with van der Waals surface area (Å²) in [6, 6.07) is 15.8. The summed E-state index contributed by atoms with van der Waals surface area (Å²) in [5, 5.41) is 0. The zero-order chi connectivity index (χ0) is 12.1. The first-order chi connectivity index (χ1) is 8.27. The quantitative estimate of drug-likeness (QED) is 0.866. The molecule has 107 valence electrons. The van der Waals surface area contributed by atoms with E-state index < -0.39 is 0 Å². The van der Waals surface area contributed by atoms with Crippen LogP contribution in [0.4, 0.5) is 0 Å². The van der Waals surface area contributed by atoms with E-state index in [0.717, 1.165) is 22.6 Å². The average Bonchev–Trinajstić information content (AvgIpc) is 2.34. The molecule has 0 heterocycles. The molecule has 0 aliphatic carbocycles. The van der Waals surface area contributed by atoms with Crippen LogP contribution in [0, 0.1) is 13.8 Å². The number of aryl methyl sites for hydroxylation is 2. The Morgan fingerprint density at radius 3 is 1.42 bits per heavy atom. The van der Waals surface area contributed by atoms with Gasteiger partial charge in [-0.3, -0.25) is 0 Å². The standard InChI is InChI=1S/2C7H8O.Co.2H2O/c2*1-6-4-2-3-5-7(6)8;;;/h2*2-5,8H,1H3;;2*1H2/q;;+2;;/p-2. The Balaban J connectivity index is 0.00000162. The molecule has 0 spiro atoms. The third-order valence-electron chi connectivity index (χ3n) is 2.39. The van der Waals surface area contributed by atoms with Crippen molar-refractivity contribution in [3.8, 4) is 11.5 Å². The Morgan fingerprint density at radius 2 is 1.05 bits per heavy atom. The molecule has 2 aromatic carbocycles. The molecule has 0 saturated carbocycles. The van der Waals surface area contributed by atoms with Crippen molar-refractivity contribution in [2.45, 2.75) is 13.8 Å². The van der Waals surface area contributed by atoms with Gasteiger partial charge < -0.3 is 11.0 Å². The van der Waals surface area contributed by atoms with Crippen LogP contribution in [0.5, 0.6) is 11.5 Å². The summed E-state index contributed by atoms with van der Waals surface area (Å²) in [5.41, 5.74) is 2.21. The minimum absolute atomic E-state index is 0. The second kappa shape index (κ2) is 8.55. The van der Waals surface area contributed by atoms with Crippen LogP contribution in [-0.2, 0) is 15.3 Å². The number of benzene rings is 2. The minimum Gasteiger partial charge on any atom is -0.412 e. The van der Waals surface area contributed by atoms with Gasteiger partial charge in [0.25, 0.3) is 0 Å². The van der Waals surface area contributed by atoms with Gasteiger partial charge in [0.05, 0.1) is 0 Å². The summed E-state index contributed by atoms with van der Waals surface area (Å²) < 4.78 is 11.1. The largest absolute Gasteiger partial charge is 0.412 e. The van der Waals surface area contributed by atoms with Crippen LogP contribution >= 0.6 is 0 Å².